The van der Waals surface area contributed by atoms with E-state index >= 15 is 0 Å². The van der Waals surface area contributed by atoms with Crippen molar-refractivity contribution in [3.05, 3.63) is 63.9 Å². The molecule has 4 rings (SSSR count). The molecule has 1 aromatic carbocycles. The van der Waals surface area contributed by atoms with Gasteiger partial charge in [0.15, 0.2) is 11.9 Å². The molecule has 1 atom stereocenters. The molecule has 0 saturated heterocycles. The Morgan fingerprint density at radius 3 is 2.50 bits per heavy atom. The van der Waals surface area contributed by atoms with Crippen molar-refractivity contribution in [1.82, 2.24) is 0 Å². The lowest BCUT2D eigenvalue weighted by molar-refractivity contribution is -0.112. The van der Waals surface area contributed by atoms with Crippen LogP contribution in [0.1, 0.15) is 47.9 Å². The van der Waals surface area contributed by atoms with Gasteiger partial charge < -0.3 is 18.9 Å². The number of ketones is 2. The highest BCUT2D eigenvalue weighted by Crippen LogP contribution is 2.50. The van der Waals surface area contributed by atoms with E-state index in [1.807, 2.05) is 0 Å². The topological polar surface area (TPSA) is 105 Å². The molecule has 0 bridgehead atoms. The molecule has 3 aliphatic rings. The van der Waals surface area contributed by atoms with Gasteiger partial charge in [-0.15, -0.1) is 0 Å². The first-order chi connectivity index (χ1) is 14.5. The molecule has 0 aliphatic heterocycles. The first-order valence-electron chi connectivity index (χ1n) is 9.52. The van der Waals surface area contributed by atoms with Crippen molar-refractivity contribution in [2.45, 2.75) is 26.4 Å². The van der Waals surface area contributed by atoms with Crippen LogP contribution < -0.4 is 0 Å². The van der Waals surface area contributed by atoms with Crippen molar-refractivity contribution in [1.29, 1.82) is 0 Å². The predicted molar refractivity (Wildman–Crippen MR) is 102 cm³/mol. The van der Waals surface area contributed by atoms with Crippen LogP contribution in [0.3, 0.4) is 0 Å². The summed E-state index contributed by atoms with van der Waals surface area (Å²) in [4.78, 5) is 49.6. The van der Waals surface area contributed by atoms with Crippen molar-refractivity contribution in [2.75, 3.05) is 13.2 Å². The summed E-state index contributed by atoms with van der Waals surface area (Å²) >= 11 is 0. The van der Waals surface area contributed by atoms with Crippen LogP contribution in [0.25, 0.3) is 5.57 Å². The number of ether oxygens (including phenoxy) is 4. The van der Waals surface area contributed by atoms with Crippen LogP contribution >= 0.6 is 0 Å². The third kappa shape index (κ3) is 3.01. The zero-order valence-electron chi connectivity index (χ0n) is 16.4. The molecule has 0 saturated carbocycles. The Labute approximate surface area is 171 Å². The summed E-state index contributed by atoms with van der Waals surface area (Å²) in [6, 6.07) is 4.79. The standard InChI is InChI=1S/C22H18O8/c1-3-27-21(25)29-19-13-9-5-7-11-15(13)16-12(18(24)17(11)23)8-6-10-14(16)20(19)30-22(26)28-4-2/h5-7,9-10,19H,3-4,8H2,1-2H3. The Kier molecular flexibility index (Phi) is 4.99. The zero-order valence-corrected chi connectivity index (χ0v) is 16.4. The fraction of sp³-hybridized carbons (Fsp3) is 0.273. The molecule has 0 amide bonds. The third-order valence-corrected chi connectivity index (χ3v) is 4.97. The van der Waals surface area contributed by atoms with Crippen LogP contribution in [0.5, 0.6) is 0 Å². The van der Waals surface area contributed by atoms with Crippen LogP contribution in [0, 0.1) is 0 Å². The largest absolute Gasteiger partial charge is 0.513 e. The van der Waals surface area contributed by atoms with Crippen molar-refractivity contribution in [3.63, 3.8) is 0 Å². The number of carbonyl (C=O) groups excluding carboxylic acids is 4. The van der Waals surface area contributed by atoms with Gasteiger partial charge in [0.1, 0.15) is 0 Å². The second-order valence-electron chi connectivity index (χ2n) is 6.63. The smallest absolute Gasteiger partial charge is 0.435 e. The maximum Gasteiger partial charge on any atom is 0.513 e. The summed E-state index contributed by atoms with van der Waals surface area (Å²) in [7, 11) is 0. The van der Waals surface area contributed by atoms with E-state index in [2.05, 4.69) is 0 Å². The monoisotopic (exact) mass is 410 g/mol. The molecule has 0 spiro atoms. The predicted octanol–water partition coefficient (Wildman–Crippen LogP) is 3.82. The average Bonchev–Trinajstić information content (AvgIpc) is 2.73. The van der Waals surface area contributed by atoms with E-state index in [1.54, 1.807) is 44.2 Å². The van der Waals surface area contributed by atoms with Crippen LogP contribution in [0.15, 0.2) is 47.3 Å². The number of hydrogen-bond acceptors (Lipinski definition) is 8. The number of rotatable bonds is 4. The summed E-state index contributed by atoms with van der Waals surface area (Å²) < 4.78 is 20.7. The van der Waals surface area contributed by atoms with E-state index in [4.69, 9.17) is 18.9 Å². The number of allylic oxidation sites excluding steroid dienone is 5. The SMILES string of the molecule is CCOC(=O)OC1=C2C=CCC3=C2c2c(cccc2C1OC(=O)OCC)C(=O)C3=O. The molecule has 30 heavy (non-hydrogen) atoms. The van der Waals surface area contributed by atoms with E-state index in [0.717, 1.165) is 0 Å². The van der Waals surface area contributed by atoms with E-state index in [1.165, 1.54) is 0 Å². The molecule has 3 aliphatic carbocycles. The molecular weight excluding hydrogens is 392 g/mol. The average molecular weight is 410 g/mol. The molecule has 154 valence electrons. The Morgan fingerprint density at radius 1 is 1.03 bits per heavy atom. The van der Waals surface area contributed by atoms with Gasteiger partial charge >= 0.3 is 12.3 Å². The van der Waals surface area contributed by atoms with Gasteiger partial charge in [-0.2, -0.15) is 0 Å². The van der Waals surface area contributed by atoms with Gasteiger partial charge in [0.05, 0.1) is 13.2 Å². The fourth-order valence-corrected chi connectivity index (χ4v) is 3.85. The zero-order chi connectivity index (χ0) is 21.4. The van der Waals surface area contributed by atoms with Gasteiger partial charge in [-0.1, -0.05) is 30.4 Å². The minimum atomic E-state index is -1.16. The highest BCUT2D eigenvalue weighted by Gasteiger charge is 2.44. The van der Waals surface area contributed by atoms with Crippen LogP contribution in [-0.4, -0.2) is 37.1 Å². The highest BCUT2D eigenvalue weighted by molar-refractivity contribution is 6.53. The minimum Gasteiger partial charge on any atom is -0.435 e. The fourth-order valence-electron chi connectivity index (χ4n) is 3.85. The van der Waals surface area contributed by atoms with Crippen LogP contribution in [0.4, 0.5) is 9.59 Å². The van der Waals surface area contributed by atoms with Gasteiger partial charge in [0, 0.05) is 33.4 Å². The summed E-state index contributed by atoms with van der Waals surface area (Å²) in [5, 5.41) is 0. The van der Waals surface area contributed by atoms with Crippen LogP contribution in [-0.2, 0) is 23.7 Å². The molecular formula is C22H18O8. The van der Waals surface area contributed by atoms with E-state index in [-0.39, 0.29) is 31.0 Å². The molecule has 8 heteroatoms. The highest BCUT2D eigenvalue weighted by atomic mass is 16.8. The number of hydrogen-bond donors (Lipinski definition) is 0. The summed E-state index contributed by atoms with van der Waals surface area (Å²) in [5.41, 5.74) is 2.36. The molecule has 0 fully saturated rings. The van der Waals surface area contributed by atoms with Gasteiger partial charge in [0.25, 0.3) is 0 Å². The summed E-state index contributed by atoms with van der Waals surface area (Å²) in [6.45, 7) is 3.43. The lowest BCUT2D eigenvalue weighted by Gasteiger charge is -2.35. The number of benzene rings is 1. The Morgan fingerprint density at radius 2 is 1.77 bits per heavy atom. The lowest BCUT2D eigenvalue weighted by Crippen LogP contribution is -2.31. The van der Waals surface area contributed by atoms with Crippen LogP contribution in [0.2, 0.25) is 0 Å². The number of carbonyl (C=O) groups is 4. The van der Waals surface area contributed by atoms with Gasteiger partial charge in [-0.3, -0.25) is 9.59 Å². The summed E-state index contributed by atoms with van der Waals surface area (Å²) in [6.07, 6.45) is 0.541. The second kappa shape index (κ2) is 7.62. The molecule has 0 radical (unpaired) electrons. The van der Waals surface area contributed by atoms with Crippen molar-refractivity contribution >= 4 is 29.5 Å². The van der Waals surface area contributed by atoms with E-state index in [0.29, 0.717) is 27.8 Å². The third-order valence-electron chi connectivity index (χ3n) is 4.97. The quantitative estimate of drug-likeness (QED) is 0.545. The van der Waals surface area contributed by atoms with Crippen molar-refractivity contribution in [3.8, 4) is 0 Å². The molecule has 0 N–H and O–H groups in total. The Balaban J connectivity index is 1.95. The summed E-state index contributed by atoms with van der Waals surface area (Å²) in [5.74, 6) is -1.22. The normalized spacial score (nSPS) is 18.8. The molecule has 1 unspecified atom stereocenters. The van der Waals surface area contributed by atoms with Crippen molar-refractivity contribution < 1.29 is 38.1 Å². The molecule has 0 heterocycles. The number of Topliss-reactive ketones (excluding diaryl/α,β-unsaturated/α-hetero) is 2. The van der Waals surface area contributed by atoms with Gasteiger partial charge in [-0.05, 0) is 20.3 Å². The maximum absolute atomic E-state index is 12.7. The molecule has 0 aromatic heterocycles. The van der Waals surface area contributed by atoms with Gasteiger partial charge in [-0.25, -0.2) is 9.59 Å². The Bertz CT molecular complexity index is 1070. The van der Waals surface area contributed by atoms with E-state index < -0.39 is 30.0 Å². The first kappa shape index (κ1) is 19.6. The Hall–Kier alpha value is -3.68. The molecule has 1 aromatic rings. The van der Waals surface area contributed by atoms with E-state index in [9.17, 15) is 19.2 Å². The maximum atomic E-state index is 12.7. The first-order valence-corrected chi connectivity index (χ1v) is 9.52. The minimum absolute atomic E-state index is 0.00301. The molecule has 8 nitrogen and oxygen atoms in total. The second-order valence-corrected chi connectivity index (χ2v) is 6.63. The van der Waals surface area contributed by atoms with Crippen molar-refractivity contribution in [2.24, 2.45) is 0 Å². The lowest BCUT2D eigenvalue weighted by atomic mass is 9.71. The van der Waals surface area contributed by atoms with Gasteiger partial charge in [0.2, 0.25) is 11.6 Å².